The first-order chi connectivity index (χ1) is 9.19. The molecule has 3 nitrogen and oxygen atoms in total. The van der Waals surface area contributed by atoms with Crippen LogP contribution in [0.15, 0.2) is 54.9 Å². The van der Waals surface area contributed by atoms with Gasteiger partial charge in [-0.15, -0.1) is 0 Å². The highest BCUT2D eigenvalue weighted by molar-refractivity contribution is 6.30. The number of halogens is 1. The molecule has 0 amide bonds. The molecule has 0 aliphatic heterocycles. The van der Waals surface area contributed by atoms with Crippen molar-refractivity contribution in [3.63, 3.8) is 0 Å². The Hall–Kier alpha value is -2.13. The Kier molecular flexibility index (Phi) is 4.31. The Morgan fingerprint density at radius 1 is 1.26 bits per heavy atom. The highest BCUT2D eigenvalue weighted by atomic mass is 35.5. The smallest absolute Gasteiger partial charge is 0.193 e. The molecule has 0 unspecified atom stereocenters. The molecule has 4 heteroatoms. The van der Waals surface area contributed by atoms with E-state index in [9.17, 15) is 4.79 Å². The van der Waals surface area contributed by atoms with Gasteiger partial charge in [0, 0.05) is 11.6 Å². The summed E-state index contributed by atoms with van der Waals surface area (Å²) >= 11 is 5.86. The lowest BCUT2D eigenvalue weighted by Gasteiger charge is -1.99. The van der Waals surface area contributed by atoms with Crippen LogP contribution in [-0.2, 0) is 0 Å². The van der Waals surface area contributed by atoms with Gasteiger partial charge in [0.05, 0.1) is 13.2 Å². The van der Waals surface area contributed by atoms with Crippen molar-refractivity contribution in [2.75, 3.05) is 7.11 Å². The van der Waals surface area contributed by atoms with Gasteiger partial charge in [-0.05, 0) is 30.3 Å². The van der Waals surface area contributed by atoms with Crippen LogP contribution in [0.4, 0.5) is 0 Å². The molecule has 2 rings (SSSR count). The van der Waals surface area contributed by atoms with Crippen LogP contribution in [0.5, 0.6) is 5.75 Å². The summed E-state index contributed by atoms with van der Waals surface area (Å²) in [4.78, 5) is 11.9. The minimum Gasteiger partial charge on any atom is -0.497 e. The number of hydrogen-bond acceptors (Lipinski definition) is 2. The molecular weight excluding hydrogens is 262 g/mol. The first kappa shape index (κ1) is 13.3. The molecule has 0 spiro atoms. The molecule has 0 bridgehead atoms. The number of ketones is 1. The molecule has 1 aromatic heterocycles. The lowest BCUT2D eigenvalue weighted by atomic mass is 10.1. The van der Waals surface area contributed by atoms with Crippen LogP contribution in [-0.4, -0.2) is 12.9 Å². The summed E-state index contributed by atoms with van der Waals surface area (Å²) in [5.74, 6) is 0.653. The molecule has 1 aromatic carbocycles. The standard InChI is InChI=1S/C15H13ClNO2/c1-19-14-6-4-12(5-7-14)15(18)8-10-17-9-2-3-13(16)11-17/h2-11H,1H3/q+1/b10-8+. The molecule has 0 atom stereocenters. The fraction of sp³-hybridized carbons (Fsp3) is 0.0667. The van der Waals surface area contributed by atoms with Crippen LogP contribution in [0.25, 0.3) is 6.20 Å². The van der Waals surface area contributed by atoms with E-state index in [4.69, 9.17) is 16.3 Å². The zero-order chi connectivity index (χ0) is 13.7. The van der Waals surface area contributed by atoms with Crippen molar-refractivity contribution in [1.82, 2.24) is 0 Å². The molecule has 96 valence electrons. The van der Waals surface area contributed by atoms with Crippen LogP contribution in [0.3, 0.4) is 0 Å². The molecule has 1 heterocycles. The predicted molar refractivity (Wildman–Crippen MR) is 74.3 cm³/mol. The van der Waals surface area contributed by atoms with Gasteiger partial charge in [-0.1, -0.05) is 11.6 Å². The van der Waals surface area contributed by atoms with Crippen LogP contribution < -0.4 is 9.30 Å². The number of aromatic nitrogens is 1. The minimum atomic E-state index is -0.0740. The second-order valence-corrected chi connectivity index (χ2v) is 4.31. The molecule has 0 saturated carbocycles. The summed E-state index contributed by atoms with van der Waals surface area (Å²) in [6.07, 6.45) is 6.69. The molecule has 0 aliphatic rings. The van der Waals surface area contributed by atoms with Gasteiger partial charge < -0.3 is 4.74 Å². The third kappa shape index (κ3) is 3.66. The molecule has 0 saturated heterocycles. The Morgan fingerprint density at radius 2 is 2.00 bits per heavy atom. The van der Waals surface area contributed by atoms with Gasteiger partial charge >= 0.3 is 0 Å². The Bertz CT molecular complexity index is 606. The number of pyridine rings is 1. The lowest BCUT2D eigenvalue weighted by Crippen LogP contribution is -2.24. The van der Waals surface area contributed by atoms with E-state index in [-0.39, 0.29) is 5.78 Å². The van der Waals surface area contributed by atoms with Crippen molar-refractivity contribution >= 4 is 23.6 Å². The first-order valence-corrected chi connectivity index (χ1v) is 6.10. The van der Waals surface area contributed by atoms with Gasteiger partial charge in [-0.25, -0.2) is 0 Å². The van der Waals surface area contributed by atoms with E-state index >= 15 is 0 Å². The predicted octanol–water partition coefficient (Wildman–Crippen LogP) is 2.99. The van der Waals surface area contributed by atoms with Gasteiger partial charge in [-0.3, -0.25) is 4.79 Å². The molecule has 19 heavy (non-hydrogen) atoms. The Labute approximate surface area is 116 Å². The van der Waals surface area contributed by atoms with Crippen molar-refractivity contribution < 1.29 is 14.1 Å². The van der Waals surface area contributed by atoms with E-state index < -0.39 is 0 Å². The summed E-state index contributed by atoms with van der Waals surface area (Å²) in [7, 11) is 1.59. The zero-order valence-electron chi connectivity index (χ0n) is 10.4. The van der Waals surface area contributed by atoms with E-state index in [0.717, 1.165) is 5.75 Å². The van der Waals surface area contributed by atoms with Gasteiger partial charge in [0.15, 0.2) is 24.4 Å². The van der Waals surface area contributed by atoms with Crippen molar-refractivity contribution in [3.05, 3.63) is 65.5 Å². The maximum Gasteiger partial charge on any atom is 0.193 e. The molecule has 0 aliphatic carbocycles. The minimum absolute atomic E-state index is 0.0740. The van der Waals surface area contributed by atoms with Crippen molar-refractivity contribution in [2.45, 2.75) is 0 Å². The van der Waals surface area contributed by atoms with Crippen molar-refractivity contribution in [1.29, 1.82) is 0 Å². The number of rotatable bonds is 4. The number of methoxy groups -OCH3 is 1. The summed E-state index contributed by atoms with van der Waals surface area (Å²) in [5, 5.41) is 0.615. The zero-order valence-corrected chi connectivity index (χ0v) is 11.2. The Morgan fingerprint density at radius 3 is 2.63 bits per heavy atom. The van der Waals surface area contributed by atoms with Crippen molar-refractivity contribution in [3.8, 4) is 5.75 Å². The van der Waals surface area contributed by atoms with Crippen LogP contribution in [0.2, 0.25) is 5.02 Å². The molecule has 2 aromatic rings. The highest BCUT2D eigenvalue weighted by Crippen LogP contribution is 2.12. The Balaban J connectivity index is 2.11. The van der Waals surface area contributed by atoms with E-state index in [1.165, 1.54) is 6.08 Å². The van der Waals surface area contributed by atoms with Gasteiger partial charge in [0.2, 0.25) is 0 Å². The number of allylic oxidation sites excluding steroid dienone is 1. The second-order valence-electron chi connectivity index (χ2n) is 3.88. The topological polar surface area (TPSA) is 30.2 Å². The average molecular weight is 275 g/mol. The highest BCUT2D eigenvalue weighted by Gasteiger charge is 2.04. The number of carbonyl (C=O) groups excluding carboxylic acids is 1. The van der Waals surface area contributed by atoms with Gasteiger partial charge in [0.1, 0.15) is 10.8 Å². The lowest BCUT2D eigenvalue weighted by molar-refractivity contribution is -0.568. The fourth-order valence-electron chi connectivity index (χ4n) is 1.56. The summed E-state index contributed by atoms with van der Waals surface area (Å²) < 4.78 is 6.77. The van der Waals surface area contributed by atoms with Crippen LogP contribution >= 0.6 is 11.6 Å². The van der Waals surface area contributed by atoms with Gasteiger partial charge in [0.25, 0.3) is 0 Å². The summed E-state index contributed by atoms with van der Waals surface area (Å²) in [5.41, 5.74) is 0.611. The van der Waals surface area contributed by atoms with Gasteiger partial charge in [-0.2, -0.15) is 4.57 Å². The molecular formula is C15H13ClNO2+. The number of nitrogens with zero attached hydrogens (tertiary/aromatic N) is 1. The largest absolute Gasteiger partial charge is 0.497 e. The third-order valence-electron chi connectivity index (χ3n) is 2.56. The van der Waals surface area contributed by atoms with E-state index in [2.05, 4.69) is 0 Å². The molecule has 0 fully saturated rings. The third-order valence-corrected chi connectivity index (χ3v) is 2.78. The summed E-state index contributed by atoms with van der Waals surface area (Å²) in [6, 6.07) is 10.6. The number of benzene rings is 1. The second kappa shape index (κ2) is 6.16. The molecule has 0 radical (unpaired) electrons. The summed E-state index contributed by atoms with van der Waals surface area (Å²) in [6.45, 7) is 0. The normalized spacial score (nSPS) is 10.6. The maximum atomic E-state index is 11.9. The van der Waals surface area contributed by atoms with E-state index in [0.29, 0.717) is 10.6 Å². The number of hydrogen-bond donors (Lipinski definition) is 0. The number of carbonyl (C=O) groups is 1. The fourth-order valence-corrected chi connectivity index (χ4v) is 1.75. The molecule has 0 N–H and O–H groups in total. The average Bonchev–Trinajstić information content (AvgIpc) is 2.45. The van der Waals surface area contributed by atoms with Crippen LogP contribution in [0, 0.1) is 0 Å². The maximum absolute atomic E-state index is 11.9. The number of ether oxygens (including phenoxy) is 1. The van der Waals surface area contributed by atoms with E-state index in [1.54, 1.807) is 54.4 Å². The van der Waals surface area contributed by atoms with Crippen LogP contribution in [0.1, 0.15) is 10.4 Å². The van der Waals surface area contributed by atoms with E-state index in [1.807, 2.05) is 12.3 Å². The first-order valence-electron chi connectivity index (χ1n) is 5.72. The van der Waals surface area contributed by atoms with Crippen molar-refractivity contribution in [2.24, 2.45) is 0 Å². The monoisotopic (exact) mass is 274 g/mol. The SMILES string of the molecule is COc1ccc(C(=O)/C=C/[n+]2cccc(Cl)c2)cc1. The quantitative estimate of drug-likeness (QED) is 0.487.